The molecule has 0 saturated carbocycles. The van der Waals surface area contributed by atoms with E-state index in [0.29, 0.717) is 5.56 Å². The van der Waals surface area contributed by atoms with E-state index in [2.05, 4.69) is 55.4 Å². The molecule has 0 N–H and O–H groups in total. The number of hydrogen-bond donors (Lipinski definition) is 0. The second-order valence-electron chi connectivity index (χ2n) is 2.17. The van der Waals surface area contributed by atoms with Crippen LogP contribution in [0.5, 0.6) is 0 Å². The first-order chi connectivity index (χ1) is 6.16. The van der Waals surface area contributed by atoms with Crippen LogP contribution in [-0.2, 0) is 4.74 Å². The fourth-order valence-electron chi connectivity index (χ4n) is 0.831. The molecule has 0 heterocycles. The lowest BCUT2D eigenvalue weighted by atomic mass is 10.2. The molecule has 3 radical (unpaired) electrons. The fourth-order valence-corrected chi connectivity index (χ4v) is 2.91. The van der Waals surface area contributed by atoms with Gasteiger partial charge in [-0.2, -0.15) is 0 Å². The van der Waals surface area contributed by atoms with Gasteiger partial charge in [0.25, 0.3) is 0 Å². The molecule has 0 amide bonds. The number of hydrogen-bond acceptors (Lipinski definition) is 2. The Morgan fingerprint density at radius 1 is 1.38 bits per heavy atom. The predicted molar refractivity (Wildman–Crippen MR) is 67.9 cm³/mol. The Morgan fingerprint density at radius 3 is 2.38 bits per heavy atom. The number of carbonyl (C=O) groups excluding carboxylic acids is 1. The number of esters is 1. The molecule has 13 heavy (non-hydrogen) atoms. The molecular formula is C8H5I2O2Si. The van der Waals surface area contributed by atoms with Crippen LogP contribution in [0.2, 0.25) is 0 Å². The van der Waals surface area contributed by atoms with Crippen molar-refractivity contribution in [3.8, 4) is 0 Å². The highest BCUT2D eigenvalue weighted by Gasteiger charge is 2.13. The Balaban J connectivity index is 3.05. The first-order valence-electron chi connectivity index (χ1n) is 3.42. The maximum atomic E-state index is 11.4. The molecule has 0 fully saturated rings. The number of carbonyl (C=O) groups is 1. The first-order valence-corrected chi connectivity index (χ1v) is 6.29. The molecule has 2 nitrogen and oxygen atoms in total. The van der Waals surface area contributed by atoms with Crippen LogP contribution in [0.3, 0.4) is 0 Å². The SMILES string of the molecule is O=C(OC[Si])c1c(I)cccc1I. The molecule has 0 spiro atoms. The summed E-state index contributed by atoms with van der Waals surface area (Å²) >= 11 is 4.24. The number of halogens is 2. The van der Waals surface area contributed by atoms with E-state index in [9.17, 15) is 4.79 Å². The Morgan fingerprint density at radius 2 is 1.92 bits per heavy atom. The molecule has 5 heteroatoms. The second-order valence-corrected chi connectivity index (χ2v) is 4.79. The van der Waals surface area contributed by atoms with E-state index >= 15 is 0 Å². The molecule has 0 aliphatic heterocycles. The maximum absolute atomic E-state index is 11.4. The average Bonchev–Trinajstić information content (AvgIpc) is 2.04. The van der Waals surface area contributed by atoms with Crippen molar-refractivity contribution in [2.45, 2.75) is 0 Å². The molecule has 67 valence electrons. The van der Waals surface area contributed by atoms with Gasteiger partial charge in [0.1, 0.15) is 0 Å². The van der Waals surface area contributed by atoms with Crippen LogP contribution in [0.1, 0.15) is 10.4 Å². The second kappa shape index (κ2) is 5.30. The standard InChI is InChI=1S/C8H5I2O2Si/c9-5-2-1-3-6(10)7(5)8(11)12-4-13/h1-3H,4H2. The van der Waals surface area contributed by atoms with E-state index in [4.69, 9.17) is 4.74 Å². The minimum absolute atomic E-state index is 0.222. The zero-order chi connectivity index (χ0) is 9.84. The number of ether oxygens (including phenoxy) is 1. The van der Waals surface area contributed by atoms with Gasteiger partial charge < -0.3 is 4.74 Å². The summed E-state index contributed by atoms with van der Waals surface area (Å²) in [5.74, 6) is -0.288. The normalized spacial score (nSPS) is 9.77. The minimum atomic E-state index is -0.288. The topological polar surface area (TPSA) is 26.3 Å². The Kier molecular flexibility index (Phi) is 4.66. The molecule has 0 aromatic heterocycles. The quantitative estimate of drug-likeness (QED) is 0.421. The molecule has 0 bridgehead atoms. The van der Waals surface area contributed by atoms with Crippen LogP contribution in [0, 0.1) is 7.14 Å². The van der Waals surface area contributed by atoms with Crippen LogP contribution in [0.25, 0.3) is 0 Å². The average molecular weight is 415 g/mol. The zero-order valence-corrected chi connectivity index (χ0v) is 11.8. The molecule has 1 aromatic rings. The van der Waals surface area contributed by atoms with Gasteiger partial charge in [0.2, 0.25) is 0 Å². The van der Waals surface area contributed by atoms with Crippen LogP contribution in [0.4, 0.5) is 0 Å². The van der Waals surface area contributed by atoms with Crippen LogP contribution < -0.4 is 0 Å². The van der Waals surface area contributed by atoms with Gasteiger partial charge in [-0.1, -0.05) is 6.07 Å². The largest absolute Gasteiger partial charge is 0.467 e. The third kappa shape index (κ3) is 2.91. The van der Waals surface area contributed by atoms with E-state index in [1.807, 2.05) is 18.2 Å². The highest BCUT2D eigenvalue weighted by atomic mass is 127. The Hall–Kier alpha value is 0.367. The van der Waals surface area contributed by atoms with Gasteiger partial charge >= 0.3 is 5.97 Å². The summed E-state index contributed by atoms with van der Waals surface area (Å²) in [6, 6.07) is 5.67. The van der Waals surface area contributed by atoms with E-state index in [1.54, 1.807) is 0 Å². The van der Waals surface area contributed by atoms with Gasteiger partial charge in [-0.25, -0.2) is 4.79 Å². The Labute approximate surface area is 107 Å². The van der Waals surface area contributed by atoms with Gasteiger partial charge in [-0.05, 0) is 57.3 Å². The number of benzene rings is 1. The summed E-state index contributed by atoms with van der Waals surface area (Å²) in [6.07, 6.45) is 0.222. The Bertz CT molecular complexity index is 308. The lowest BCUT2D eigenvalue weighted by molar-refractivity contribution is 0.0571. The van der Waals surface area contributed by atoms with Gasteiger partial charge in [0.05, 0.1) is 22.0 Å². The lowest BCUT2D eigenvalue weighted by Gasteiger charge is -2.05. The summed E-state index contributed by atoms with van der Waals surface area (Å²) in [5.41, 5.74) is 0.641. The van der Waals surface area contributed by atoms with Crippen molar-refractivity contribution in [3.63, 3.8) is 0 Å². The highest BCUT2D eigenvalue weighted by molar-refractivity contribution is 14.1. The van der Waals surface area contributed by atoms with Gasteiger partial charge in [-0.3, -0.25) is 0 Å². The third-order valence-electron chi connectivity index (χ3n) is 1.37. The summed E-state index contributed by atoms with van der Waals surface area (Å²) in [5, 5.41) is 0. The van der Waals surface area contributed by atoms with Crippen molar-refractivity contribution in [2.24, 2.45) is 0 Å². The maximum Gasteiger partial charge on any atom is 0.339 e. The van der Waals surface area contributed by atoms with Crippen molar-refractivity contribution in [1.82, 2.24) is 0 Å². The fraction of sp³-hybridized carbons (Fsp3) is 0.125. The molecule has 0 aliphatic rings. The van der Waals surface area contributed by atoms with Crippen LogP contribution in [0.15, 0.2) is 18.2 Å². The molecular weight excluding hydrogens is 410 g/mol. The molecule has 1 aromatic carbocycles. The summed E-state index contributed by atoms with van der Waals surface area (Å²) in [4.78, 5) is 11.4. The van der Waals surface area contributed by atoms with Crippen molar-refractivity contribution >= 4 is 61.4 Å². The van der Waals surface area contributed by atoms with Crippen molar-refractivity contribution in [1.29, 1.82) is 0 Å². The van der Waals surface area contributed by atoms with Crippen molar-refractivity contribution in [2.75, 3.05) is 6.23 Å². The van der Waals surface area contributed by atoms with Gasteiger partial charge in [-0.15, -0.1) is 0 Å². The van der Waals surface area contributed by atoms with Crippen molar-refractivity contribution < 1.29 is 9.53 Å². The third-order valence-corrected chi connectivity index (χ3v) is 3.31. The highest BCUT2D eigenvalue weighted by Crippen LogP contribution is 2.19. The van der Waals surface area contributed by atoms with Crippen LogP contribution >= 0.6 is 45.2 Å². The summed E-state index contributed by atoms with van der Waals surface area (Å²) in [7, 11) is 3.09. The first kappa shape index (κ1) is 11.4. The predicted octanol–water partition coefficient (Wildman–Crippen LogP) is 2.18. The monoisotopic (exact) mass is 415 g/mol. The summed E-state index contributed by atoms with van der Waals surface area (Å²) < 4.78 is 6.68. The number of rotatable bonds is 2. The molecule has 0 aliphatic carbocycles. The van der Waals surface area contributed by atoms with Gasteiger partial charge in [0.15, 0.2) is 0 Å². The van der Waals surface area contributed by atoms with E-state index in [0.717, 1.165) is 7.14 Å². The van der Waals surface area contributed by atoms with Gasteiger partial charge in [0, 0.05) is 7.14 Å². The molecule has 0 saturated heterocycles. The molecule has 1 rings (SSSR count). The van der Waals surface area contributed by atoms with E-state index in [-0.39, 0.29) is 12.2 Å². The molecule has 0 atom stereocenters. The molecule has 0 unspecified atom stereocenters. The lowest BCUT2D eigenvalue weighted by Crippen LogP contribution is -2.09. The zero-order valence-electron chi connectivity index (χ0n) is 6.51. The van der Waals surface area contributed by atoms with Crippen LogP contribution in [-0.4, -0.2) is 22.4 Å². The summed E-state index contributed by atoms with van der Waals surface area (Å²) in [6.45, 7) is 0. The van der Waals surface area contributed by atoms with E-state index in [1.165, 1.54) is 0 Å². The van der Waals surface area contributed by atoms with Crippen molar-refractivity contribution in [3.05, 3.63) is 30.9 Å². The smallest absolute Gasteiger partial charge is 0.339 e. The van der Waals surface area contributed by atoms with E-state index < -0.39 is 0 Å². The minimum Gasteiger partial charge on any atom is -0.467 e.